The molecule has 1 heterocycles. The number of fused-ring (bicyclic) bond motifs is 1. The summed E-state index contributed by atoms with van der Waals surface area (Å²) in [5.74, 6) is 0.839. The van der Waals surface area contributed by atoms with Crippen molar-refractivity contribution in [2.45, 2.75) is 18.7 Å². The number of anilines is 1. The summed E-state index contributed by atoms with van der Waals surface area (Å²) in [5, 5.41) is 3.30. The van der Waals surface area contributed by atoms with E-state index in [9.17, 15) is 4.39 Å². The third-order valence-electron chi connectivity index (χ3n) is 2.33. The van der Waals surface area contributed by atoms with Crippen LogP contribution >= 0.6 is 11.8 Å². The molecule has 1 aliphatic rings. The highest BCUT2D eigenvalue weighted by Gasteiger charge is 2.24. The highest BCUT2D eigenvalue weighted by molar-refractivity contribution is 7.99. The Kier molecular flexibility index (Phi) is 2.43. The fourth-order valence-electron chi connectivity index (χ4n) is 1.45. The van der Waals surface area contributed by atoms with Crippen LogP contribution in [0.1, 0.15) is 13.8 Å². The highest BCUT2D eigenvalue weighted by atomic mass is 32.2. The molecule has 1 aromatic carbocycles. The molecule has 1 nitrogen and oxygen atoms in total. The summed E-state index contributed by atoms with van der Waals surface area (Å²) in [6.07, 6.45) is 0. The fraction of sp³-hybridized carbons (Fsp3) is 0.455. The average molecular weight is 211 g/mol. The van der Waals surface area contributed by atoms with Crippen molar-refractivity contribution in [3.63, 3.8) is 0 Å². The van der Waals surface area contributed by atoms with Crippen molar-refractivity contribution >= 4 is 17.4 Å². The van der Waals surface area contributed by atoms with Crippen molar-refractivity contribution in [2.75, 3.05) is 17.6 Å². The van der Waals surface area contributed by atoms with Crippen LogP contribution in [0, 0.1) is 11.2 Å². The minimum atomic E-state index is -0.113. The van der Waals surface area contributed by atoms with Crippen molar-refractivity contribution in [2.24, 2.45) is 5.41 Å². The lowest BCUT2D eigenvalue weighted by molar-refractivity contribution is 0.456. The maximum atomic E-state index is 13.4. The highest BCUT2D eigenvalue weighted by Crippen LogP contribution is 2.37. The zero-order chi connectivity index (χ0) is 10.2. The Morgan fingerprint density at radius 3 is 3.00 bits per heavy atom. The molecule has 0 unspecified atom stereocenters. The minimum absolute atomic E-state index is 0.113. The van der Waals surface area contributed by atoms with Gasteiger partial charge >= 0.3 is 0 Å². The van der Waals surface area contributed by atoms with Crippen LogP contribution < -0.4 is 5.32 Å². The number of rotatable bonds is 0. The van der Waals surface area contributed by atoms with Crippen molar-refractivity contribution in [3.05, 3.63) is 24.0 Å². The van der Waals surface area contributed by atoms with Crippen LogP contribution in [0.3, 0.4) is 0 Å². The summed E-state index contributed by atoms with van der Waals surface area (Å²) in [5.41, 5.74) is 1.15. The average Bonchev–Trinajstić information content (AvgIpc) is 2.27. The molecule has 2 rings (SSSR count). The third kappa shape index (κ3) is 1.87. The predicted octanol–water partition coefficient (Wildman–Crippen LogP) is 3.37. The zero-order valence-electron chi connectivity index (χ0n) is 8.43. The van der Waals surface area contributed by atoms with Crippen molar-refractivity contribution in [1.82, 2.24) is 0 Å². The van der Waals surface area contributed by atoms with E-state index in [4.69, 9.17) is 0 Å². The van der Waals surface area contributed by atoms with Crippen LogP contribution in [0.5, 0.6) is 0 Å². The Bertz CT molecular complexity index is 349. The maximum absolute atomic E-state index is 13.4. The summed E-state index contributed by atoms with van der Waals surface area (Å²) in [7, 11) is 0. The number of benzene rings is 1. The molecule has 0 fully saturated rings. The van der Waals surface area contributed by atoms with Crippen molar-refractivity contribution in [1.29, 1.82) is 0 Å². The number of thioether (sulfide) groups is 1. The van der Waals surface area contributed by atoms with Gasteiger partial charge in [-0.1, -0.05) is 19.9 Å². The SMILES string of the molecule is CC1(C)CNc2cccc(F)c2SC1. The quantitative estimate of drug-likeness (QED) is 0.706. The monoisotopic (exact) mass is 211 g/mol. The standard InChI is InChI=1S/C11H14FNS/c1-11(2)6-13-9-5-3-4-8(12)10(9)14-7-11/h3-5,13H,6-7H2,1-2H3. The van der Waals surface area contributed by atoms with Gasteiger partial charge in [-0.25, -0.2) is 4.39 Å². The summed E-state index contributed by atoms with van der Waals surface area (Å²) in [6, 6.07) is 5.21. The topological polar surface area (TPSA) is 12.0 Å². The van der Waals surface area contributed by atoms with E-state index in [1.165, 1.54) is 6.07 Å². The maximum Gasteiger partial charge on any atom is 0.138 e. The number of halogens is 1. The van der Waals surface area contributed by atoms with E-state index in [2.05, 4.69) is 19.2 Å². The van der Waals surface area contributed by atoms with Crippen molar-refractivity contribution < 1.29 is 4.39 Å². The molecule has 3 heteroatoms. The van der Waals surface area contributed by atoms with Gasteiger partial charge in [0.1, 0.15) is 5.82 Å². The Morgan fingerprint density at radius 1 is 1.43 bits per heavy atom. The van der Waals surface area contributed by atoms with E-state index in [0.29, 0.717) is 0 Å². The molecule has 0 aromatic heterocycles. The lowest BCUT2D eigenvalue weighted by Crippen LogP contribution is -2.23. The van der Waals surface area contributed by atoms with Gasteiger partial charge < -0.3 is 5.32 Å². The second-order valence-electron chi connectivity index (χ2n) is 4.42. The van der Waals surface area contributed by atoms with E-state index in [0.717, 1.165) is 22.9 Å². The van der Waals surface area contributed by atoms with Crippen LogP contribution in [-0.4, -0.2) is 12.3 Å². The van der Waals surface area contributed by atoms with Gasteiger partial charge in [0, 0.05) is 12.3 Å². The lowest BCUT2D eigenvalue weighted by atomic mass is 9.96. The van der Waals surface area contributed by atoms with Crippen LogP contribution in [0.25, 0.3) is 0 Å². The van der Waals surface area contributed by atoms with Crippen molar-refractivity contribution in [3.8, 4) is 0 Å². The van der Waals surface area contributed by atoms with Crippen LogP contribution in [-0.2, 0) is 0 Å². The number of nitrogens with one attached hydrogen (secondary N) is 1. The van der Waals surface area contributed by atoms with E-state index >= 15 is 0 Å². The van der Waals surface area contributed by atoms with Crippen LogP contribution in [0.2, 0.25) is 0 Å². The van der Waals surface area contributed by atoms with Gasteiger partial charge in [-0.2, -0.15) is 0 Å². The van der Waals surface area contributed by atoms with Gasteiger partial charge in [0.15, 0.2) is 0 Å². The molecule has 0 radical (unpaired) electrons. The van der Waals surface area contributed by atoms with Gasteiger partial charge in [-0.15, -0.1) is 11.8 Å². The largest absolute Gasteiger partial charge is 0.383 e. The Hall–Kier alpha value is -0.700. The molecule has 0 atom stereocenters. The molecule has 1 aromatic rings. The van der Waals surface area contributed by atoms with E-state index in [1.54, 1.807) is 17.8 Å². The second-order valence-corrected chi connectivity index (χ2v) is 5.41. The molecular formula is C11H14FNS. The molecule has 76 valence electrons. The Balaban J connectivity index is 2.34. The zero-order valence-corrected chi connectivity index (χ0v) is 9.25. The smallest absolute Gasteiger partial charge is 0.138 e. The third-order valence-corrected chi connectivity index (χ3v) is 3.96. The Labute approximate surface area is 88.1 Å². The molecule has 0 saturated heterocycles. The summed E-state index contributed by atoms with van der Waals surface area (Å²) in [6.45, 7) is 5.28. The molecule has 14 heavy (non-hydrogen) atoms. The molecule has 0 bridgehead atoms. The molecule has 0 spiro atoms. The molecule has 0 aliphatic carbocycles. The number of hydrogen-bond donors (Lipinski definition) is 1. The van der Waals surface area contributed by atoms with Gasteiger partial charge in [-0.05, 0) is 17.5 Å². The normalized spacial score (nSPS) is 19.4. The first-order valence-corrected chi connectivity index (χ1v) is 5.72. The van der Waals surface area contributed by atoms with Gasteiger partial charge in [0.25, 0.3) is 0 Å². The first-order chi connectivity index (χ1) is 6.58. The molecular weight excluding hydrogens is 197 g/mol. The summed E-state index contributed by atoms with van der Waals surface area (Å²) in [4.78, 5) is 0.762. The van der Waals surface area contributed by atoms with E-state index in [1.807, 2.05) is 6.07 Å². The predicted molar refractivity (Wildman–Crippen MR) is 59.4 cm³/mol. The van der Waals surface area contributed by atoms with Crippen LogP contribution in [0.4, 0.5) is 10.1 Å². The second kappa shape index (κ2) is 3.46. The Morgan fingerprint density at radius 2 is 2.21 bits per heavy atom. The van der Waals surface area contributed by atoms with Gasteiger partial charge in [0.2, 0.25) is 0 Å². The molecule has 0 amide bonds. The van der Waals surface area contributed by atoms with Crippen LogP contribution in [0.15, 0.2) is 23.1 Å². The van der Waals surface area contributed by atoms with Gasteiger partial charge in [0.05, 0.1) is 10.6 Å². The molecule has 1 N–H and O–H groups in total. The molecule has 0 saturated carbocycles. The number of hydrogen-bond acceptors (Lipinski definition) is 2. The van der Waals surface area contributed by atoms with E-state index in [-0.39, 0.29) is 11.2 Å². The first kappa shape index (κ1) is 9.84. The minimum Gasteiger partial charge on any atom is -0.383 e. The summed E-state index contributed by atoms with van der Waals surface area (Å²) < 4.78 is 13.4. The summed E-state index contributed by atoms with van der Waals surface area (Å²) >= 11 is 1.61. The van der Waals surface area contributed by atoms with Gasteiger partial charge in [-0.3, -0.25) is 0 Å². The first-order valence-electron chi connectivity index (χ1n) is 4.74. The van der Waals surface area contributed by atoms with E-state index < -0.39 is 0 Å². The molecule has 1 aliphatic heterocycles. The fourth-order valence-corrected chi connectivity index (χ4v) is 2.59. The lowest BCUT2D eigenvalue weighted by Gasteiger charge is -2.21.